The highest BCUT2D eigenvalue weighted by molar-refractivity contribution is 6.11. The fourth-order valence-electron chi connectivity index (χ4n) is 3.55. The van der Waals surface area contributed by atoms with Gasteiger partial charge in [0.2, 0.25) is 11.8 Å². The minimum atomic E-state index is -0.626. The maximum absolute atomic E-state index is 13.5. The molecule has 0 aliphatic carbocycles. The van der Waals surface area contributed by atoms with Gasteiger partial charge >= 0.3 is 0 Å². The van der Waals surface area contributed by atoms with E-state index in [1.165, 1.54) is 27.7 Å². The molecule has 0 bridgehead atoms. The van der Waals surface area contributed by atoms with Gasteiger partial charge in [-0.05, 0) is 18.2 Å². The van der Waals surface area contributed by atoms with Crippen molar-refractivity contribution in [3.8, 4) is 11.5 Å². The first-order chi connectivity index (χ1) is 16.0. The molecule has 0 saturated carbocycles. The number of hydrogen-bond acceptors (Lipinski definition) is 7. The topological polar surface area (TPSA) is 122 Å². The molecule has 1 aliphatic rings. The van der Waals surface area contributed by atoms with Gasteiger partial charge in [0, 0.05) is 38.1 Å². The van der Waals surface area contributed by atoms with E-state index < -0.39 is 11.9 Å². The zero-order valence-corrected chi connectivity index (χ0v) is 17.6. The number of carbonyl (C=O) groups excluding carboxylic acids is 2. The number of aromatic amines is 1. The van der Waals surface area contributed by atoms with Gasteiger partial charge in [-0.1, -0.05) is 6.07 Å². The third-order valence-corrected chi connectivity index (χ3v) is 5.34. The molecule has 0 atom stereocenters. The number of halogens is 1. The Morgan fingerprint density at radius 3 is 2.79 bits per heavy atom. The molecule has 4 aromatic rings. The summed E-state index contributed by atoms with van der Waals surface area (Å²) in [6, 6.07) is 7.72. The summed E-state index contributed by atoms with van der Waals surface area (Å²) < 4.78 is 20.2. The number of morpholine rings is 1. The van der Waals surface area contributed by atoms with Gasteiger partial charge in [-0.15, -0.1) is 5.10 Å². The number of H-pyrrole nitrogens is 1. The molecule has 33 heavy (non-hydrogen) atoms. The lowest BCUT2D eigenvalue weighted by Gasteiger charge is -2.26. The molecule has 0 unspecified atom stereocenters. The van der Waals surface area contributed by atoms with E-state index in [9.17, 15) is 14.0 Å². The molecule has 1 saturated heterocycles. The van der Waals surface area contributed by atoms with Crippen LogP contribution in [-0.4, -0.2) is 79.8 Å². The smallest absolute Gasteiger partial charge is 0.276 e. The molecule has 0 spiro atoms. The number of nitrogens with zero attached hydrogens (tertiary/aromatic N) is 7. The number of rotatable bonds is 4. The van der Waals surface area contributed by atoms with E-state index in [-0.39, 0.29) is 23.0 Å². The van der Waals surface area contributed by atoms with Gasteiger partial charge in [-0.25, -0.2) is 14.5 Å². The monoisotopic (exact) mass is 450 g/mol. The second-order valence-electron chi connectivity index (χ2n) is 7.40. The van der Waals surface area contributed by atoms with E-state index in [2.05, 4.69) is 25.3 Å². The van der Waals surface area contributed by atoms with Gasteiger partial charge in [0.25, 0.3) is 11.8 Å². The predicted molar refractivity (Wildman–Crippen MR) is 114 cm³/mol. The Bertz CT molecular complexity index is 1340. The Labute approximate surface area is 186 Å². The number of hydrogen-bond donors (Lipinski definition) is 1. The number of pyridine rings is 2. The van der Waals surface area contributed by atoms with Crippen LogP contribution in [0.4, 0.5) is 10.1 Å². The average Bonchev–Trinajstić information content (AvgIpc) is 3.50. The zero-order chi connectivity index (χ0) is 22.9. The lowest BCUT2D eigenvalue weighted by molar-refractivity contribution is 0.0302. The number of carbonyl (C=O) groups is 2. The molecule has 1 aliphatic heterocycles. The van der Waals surface area contributed by atoms with E-state index in [0.717, 1.165) is 0 Å². The Balaban J connectivity index is 1.41. The van der Waals surface area contributed by atoms with Gasteiger partial charge < -0.3 is 14.5 Å². The van der Waals surface area contributed by atoms with E-state index >= 15 is 0 Å². The lowest BCUT2D eigenvalue weighted by atomic mass is 10.2. The molecule has 0 radical (unpaired) electrons. The van der Waals surface area contributed by atoms with E-state index in [1.807, 2.05) is 0 Å². The maximum Gasteiger partial charge on any atom is 0.276 e. The second kappa shape index (κ2) is 8.39. The molecule has 5 heterocycles. The predicted octanol–water partition coefficient (Wildman–Crippen LogP) is 1.40. The molecule has 11 nitrogen and oxygen atoms in total. The van der Waals surface area contributed by atoms with Gasteiger partial charge in [0.05, 0.1) is 25.0 Å². The van der Waals surface area contributed by atoms with Crippen LogP contribution in [-0.2, 0) is 4.74 Å². The van der Waals surface area contributed by atoms with Crippen molar-refractivity contribution in [3.05, 3.63) is 59.9 Å². The molecular weight excluding hydrogens is 431 g/mol. The summed E-state index contributed by atoms with van der Waals surface area (Å²) in [5.41, 5.74) is 1.57. The minimum absolute atomic E-state index is 0.0972. The summed E-state index contributed by atoms with van der Waals surface area (Å²) in [4.78, 5) is 37.3. The fourth-order valence-corrected chi connectivity index (χ4v) is 3.55. The van der Waals surface area contributed by atoms with Crippen molar-refractivity contribution in [2.24, 2.45) is 0 Å². The molecule has 1 N–H and O–H groups in total. The van der Waals surface area contributed by atoms with E-state index in [4.69, 9.17) is 4.74 Å². The summed E-state index contributed by atoms with van der Waals surface area (Å²) in [6.07, 6.45) is 3.00. The number of nitrogens with one attached hydrogen (secondary N) is 1. The Hall–Kier alpha value is -4.19. The number of fused-ring (bicyclic) bond motifs is 1. The van der Waals surface area contributed by atoms with Crippen molar-refractivity contribution >= 4 is 23.1 Å². The van der Waals surface area contributed by atoms with Gasteiger partial charge in [0.1, 0.15) is 11.4 Å². The third-order valence-electron chi connectivity index (χ3n) is 5.34. The Morgan fingerprint density at radius 2 is 2.00 bits per heavy atom. The van der Waals surface area contributed by atoms with E-state index in [0.29, 0.717) is 43.3 Å². The van der Waals surface area contributed by atoms with Crippen LogP contribution in [0, 0.1) is 5.95 Å². The highest BCUT2D eigenvalue weighted by Gasteiger charge is 2.27. The van der Waals surface area contributed by atoms with E-state index in [1.54, 1.807) is 36.3 Å². The van der Waals surface area contributed by atoms with Crippen molar-refractivity contribution in [1.29, 1.82) is 0 Å². The van der Waals surface area contributed by atoms with Crippen LogP contribution in [0.15, 0.2) is 42.7 Å². The molecule has 4 aromatic heterocycles. The zero-order valence-electron chi connectivity index (χ0n) is 17.6. The largest absolute Gasteiger partial charge is 0.378 e. The third kappa shape index (κ3) is 3.91. The van der Waals surface area contributed by atoms with Crippen LogP contribution in [0.2, 0.25) is 0 Å². The highest BCUT2D eigenvalue weighted by Crippen LogP contribution is 2.21. The fraction of sp³-hybridized carbons (Fsp3) is 0.238. The van der Waals surface area contributed by atoms with Crippen molar-refractivity contribution in [2.75, 3.05) is 38.3 Å². The molecular formula is C21H19FN8O3. The standard InChI is InChI=1S/C21H19FN8O3/c1-28(21(32)18-14(12-23-26-18)20(31)29-7-9-33-10-8-29)13-5-6-30-17(11-13)25-19(27-30)15-3-2-4-16(22)24-15/h2-6,11-12H,7-10H2,1H3,(H,23,26). The normalized spacial score (nSPS) is 13.9. The summed E-state index contributed by atoms with van der Waals surface area (Å²) in [6.45, 7) is 1.83. The van der Waals surface area contributed by atoms with Crippen LogP contribution in [0.3, 0.4) is 0 Å². The summed E-state index contributed by atoms with van der Waals surface area (Å²) in [7, 11) is 1.59. The van der Waals surface area contributed by atoms with Crippen LogP contribution in [0.25, 0.3) is 17.2 Å². The summed E-state index contributed by atoms with van der Waals surface area (Å²) >= 11 is 0. The van der Waals surface area contributed by atoms with Crippen LogP contribution in [0.1, 0.15) is 20.8 Å². The number of amides is 2. The molecule has 168 valence electrons. The number of anilines is 1. The molecule has 1 fully saturated rings. The highest BCUT2D eigenvalue weighted by atomic mass is 19.1. The Morgan fingerprint density at radius 1 is 1.18 bits per heavy atom. The first-order valence-corrected chi connectivity index (χ1v) is 10.2. The van der Waals surface area contributed by atoms with Crippen LogP contribution in [0.5, 0.6) is 0 Å². The molecule has 0 aromatic carbocycles. The summed E-state index contributed by atoms with van der Waals surface area (Å²) in [5.74, 6) is -1.07. The van der Waals surface area contributed by atoms with Crippen molar-refractivity contribution in [3.63, 3.8) is 0 Å². The van der Waals surface area contributed by atoms with Gasteiger partial charge in [0.15, 0.2) is 5.65 Å². The van der Waals surface area contributed by atoms with Gasteiger partial charge in [-0.3, -0.25) is 14.7 Å². The van der Waals surface area contributed by atoms with Crippen LogP contribution >= 0.6 is 0 Å². The lowest BCUT2D eigenvalue weighted by Crippen LogP contribution is -2.41. The van der Waals surface area contributed by atoms with Crippen LogP contribution < -0.4 is 4.90 Å². The van der Waals surface area contributed by atoms with Crippen molar-refractivity contribution in [2.45, 2.75) is 0 Å². The van der Waals surface area contributed by atoms with Crippen molar-refractivity contribution in [1.82, 2.24) is 34.7 Å². The van der Waals surface area contributed by atoms with Crippen molar-refractivity contribution < 1.29 is 18.7 Å². The first-order valence-electron chi connectivity index (χ1n) is 10.2. The minimum Gasteiger partial charge on any atom is -0.378 e. The quantitative estimate of drug-likeness (QED) is 0.467. The number of aromatic nitrogens is 6. The number of ether oxygens (including phenoxy) is 1. The second-order valence-corrected chi connectivity index (χ2v) is 7.40. The average molecular weight is 450 g/mol. The Kier molecular flexibility index (Phi) is 5.26. The molecule has 5 rings (SSSR count). The summed E-state index contributed by atoms with van der Waals surface area (Å²) in [5, 5.41) is 10.9. The SMILES string of the molecule is CN(C(=O)c1[nH]ncc1C(=O)N1CCOCC1)c1ccn2nc(-c3cccc(F)n3)nc2c1. The maximum atomic E-state index is 13.5. The first kappa shape index (κ1) is 20.7. The molecule has 2 amide bonds. The molecule has 12 heteroatoms. The van der Waals surface area contributed by atoms with Gasteiger partial charge in [-0.2, -0.15) is 9.49 Å².